The summed E-state index contributed by atoms with van der Waals surface area (Å²) in [5.41, 5.74) is 2.17. The normalized spacial score (nSPS) is 16.2. The number of amides is 1. The Bertz CT molecular complexity index is 1490. The molecule has 34 heavy (non-hydrogen) atoms. The first-order valence-corrected chi connectivity index (χ1v) is 11.1. The molecule has 0 aliphatic carbocycles. The number of nitrogens with zero attached hydrogens (tertiary/aromatic N) is 1. The minimum absolute atomic E-state index is 0.0799. The van der Waals surface area contributed by atoms with E-state index in [0.29, 0.717) is 40.4 Å². The third kappa shape index (κ3) is 3.20. The summed E-state index contributed by atoms with van der Waals surface area (Å²) >= 11 is 0. The number of carbonyl (C=O) groups is 1. The molecule has 0 N–H and O–H groups in total. The minimum Gasteiger partial charge on any atom is -0.494 e. The van der Waals surface area contributed by atoms with Gasteiger partial charge >= 0.3 is 0 Å². The van der Waals surface area contributed by atoms with Gasteiger partial charge in [0.05, 0.1) is 23.6 Å². The highest BCUT2D eigenvalue weighted by atomic mass is 16.7. The first kappa shape index (κ1) is 20.4. The summed E-state index contributed by atoms with van der Waals surface area (Å²) in [5.74, 6) is 1.73. The second kappa shape index (κ2) is 7.95. The molecule has 3 aromatic carbocycles. The van der Waals surface area contributed by atoms with Crippen molar-refractivity contribution in [2.75, 3.05) is 13.4 Å². The van der Waals surface area contributed by atoms with Crippen LogP contribution in [0.1, 0.15) is 40.2 Å². The molecule has 6 rings (SSSR count). The predicted molar refractivity (Wildman–Crippen MR) is 124 cm³/mol. The van der Waals surface area contributed by atoms with Crippen LogP contribution in [0.2, 0.25) is 0 Å². The van der Waals surface area contributed by atoms with Crippen LogP contribution in [-0.4, -0.2) is 24.2 Å². The van der Waals surface area contributed by atoms with Crippen LogP contribution in [-0.2, 0) is 6.54 Å². The van der Waals surface area contributed by atoms with E-state index < -0.39 is 6.04 Å². The molecule has 1 amide bonds. The molecule has 7 nitrogen and oxygen atoms in total. The lowest BCUT2D eigenvalue weighted by Gasteiger charge is -2.25. The lowest BCUT2D eigenvalue weighted by Crippen LogP contribution is -2.29. The zero-order valence-corrected chi connectivity index (χ0v) is 18.4. The second-order valence-corrected chi connectivity index (χ2v) is 8.20. The van der Waals surface area contributed by atoms with Gasteiger partial charge in [-0.1, -0.05) is 30.3 Å². The summed E-state index contributed by atoms with van der Waals surface area (Å²) < 4.78 is 22.6. The predicted octanol–water partition coefficient (Wildman–Crippen LogP) is 4.67. The maximum absolute atomic E-state index is 13.6. The molecule has 0 fully saturated rings. The molecule has 7 heteroatoms. The largest absolute Gasteiger partial charge is 0.494 e. The first-order valence-electron chi connectivity index (χ1n) is 11.1. The topological polar surface area (TPSA) is 78.2 Å². The van der Waals surface area contributed by atoms with E-state index in [4.69, 9.17) is 18.6 Å². The molecule has 0 spiro atoms. The van der Waals surface area contributed by atoms with Crippen molar-refractivity contribution >= 4 is 16.9 Å². The third-order valence-corrected chi connectivity index (χ3v) is 6.15. The number of rotatable bonds is 5. The molecular formula is C27H21NO6. The van der Waals surface area contributed by atoms with Gasteiger partial charge in [0.25, 0.3) is 5.91 Å². The summed E-state index contributed by atoms with van der Waals surface area (Å²) in [6, 6.07) is 19.5. The van der Waals surface area contributed by atoms with E-state index >= 15 is 0 Å². The van der Waals surface area contributed by atoms with Gasteiger partial charge in [-0.15, -0.1) is 0 Å². The smallest absolute Gasteiger partial charge is 0.291 e. The lowest BCUT2D eigenvalue weighted by molar-refractivity contribution is 0.0714. The highest BCUT2D eigenvalue weighted by Gasteiger charge is 2.43. The summed E-state index contributed by atoms with van der Waals surface area (Å²) in [6.45, 7) is 2.86. The van der Waals surface area contributed by atoms with Crippen molar-refractivity contribution in [2.45, 2.75) is 19.5 Å². The maximum atomic E-state index is 13.6. The summed E-state index contributed by atoms with van der Waals surface area (Å²) in [4.78, 5) is 28.9. The van der Waals surface area contributed by atoms with Crippen LogP contribution in [0.25, 0.3) is 11.0 Å². The van der Waals surface area contributed by atoms with Crippen molar-refractivity contribution in [3.8, 4) is 17.2 Å². The average Bonchev–Trinajstić information content (AvgIpc) is 3.43. The van der Waals surface area contributed by atoms with Crippen LogP contribution in [0.5, 0.6) is 17.2 Å². The van der Waals surface area contributed by atoms with Gasteiger partial charge in [-0.25, -0.2) is 0 Å². The average molecular weight is 455 g/mol. The van der Waals surface area contributed by atoms with E-state index in [1.807, 2.05) is 49.4 Å². The highest BCUT2D eigenvalue weighted by molar-refractivity contribution is 5.99. The number of hydrogen-bond acceptors (Lipinski definition) is 6. The fourth-order valence-electron chi connectivity index (χ4n) is 4.65. The third-order valence-electron chi connectivity index (χ3n) is 6.15. The van der Waals surface area contributed by atoms with Crippen LogP contribution >= 0.6 is 0 Å². The van der Waals surface area contributed by atoms with Gasteiger partial charge in [-0.3, -0.25) is 9.59 Å². The van der Waals surface area contributed by atoms with Crippen LogP contribution in [0.3, 0.4) is 0 Å². The number of fused-ring (bicyclic) bond motifs is 3. The number of ether oxygens (including phenoxy) is 3. The molecule has 4 aromatic rings. The summed E-state index contributed by atoms with van der Waals surface area (Å²) in [5, 5.41) is 0.449. The van der Waals surface area contributed by atoms with Gasteiger partial charge in [0.1, 0.15) is 11.3 Å². The van der Waals surface area contributed by atoms with E-state index in [1.54, 1.807) is 29.2 Å². The number of para-hydroxylation sites is 1. The molecule has 1 atom stereocenters. The first-order chi connectivity index (χ1) is 16.6. The van der Waals surface area contributed by atoms with Gasteiger partial charge in [-0.2, -0.15) is 0 Å². The van der Waals surface area contributed by atoms with E-state index in [9.17, 15) is 9.59 Å². The van der Waals surface area contributed by atoms with Gasteiger partial charge < -0.3 is 23.5 Å². The van der Waals surface area contributed by atoms with Gasteiger partial charge in [0.15, 0.2) is 16.9 Å². The summed E-state index contributed by atoms with van der Waals surface area (Å²) in [7, 11) is 0. The highest BCUT2D eigenvalue weighted by Crippen LogP contribution is 2.41. The van der Waals surface area contributed by atoms with Crippen molar-refractivity contribution in [2.24, 2.45) is 0 Å². The molecule has 0 bridgehead atoms. The van der Waals surface area contributed by atoms with Gasteiger partial charge in [0.2, 0.25) is 12.6 Å². The zero-order valence-electron chi connectivity index (χ0n) is 18.4. The SMILES string of the molecule is CCOc1cccc(C2c3c(oc4ccccc4c3=O)C(=O)N2Cc2ccc3c(c2)OCO3)c1. The van der Waals surface area contributed by atoms with E-state index in [1.165, 1.54) is 0 Å². The molecule has 2 aliphatic rings. The number of benzene rings is 3. The Morgan fingerprint density at radius 2 is 1.82 bits per heavy atom. The number of carbonyl (C=O) groups excluding carboxylic acids is 1. The molecule has 1 unspecified atom stereocenters. The van der Waals surface area contributed by atoms with Crippen molar-refractivity contribution in [1.29, 1.82) is 0 Å². The molecule has 2 aliphatic heterocycles. The molecule has 0 saturated carbocycles. The van der Waals surface area contributed by atoms with Crippen molar-refractivity contribution in [3.05, 3.63) is 99.4 Å². The Morgan fingerprint density at radius 3 is 2.71 bits per heavy atom. The lowest BCUT2D eigenvalue weighted by atomic mass is 9.98. The van der Waals surface area contributed by atoms with Crippen LogP contribution in [0.15, 0.2) is 75.9 Å². The van der Waals surface area contributed by atoms with E-state index in [0.717, 1.165) is 11.1 Å². The zero-order chi connectivity index (χ0) is 23.2. The molecule has 3 heterocycles. The molecule has 0 radical (unpaired) electrons. The van der Waals surface area contributed by atoms with Crippen LogP contribution in [0.4, 0.5) is 0 Å². The molecule has 170 valence electrons. The van der Waals surface area contributed by atoms with E-state index in [2.05, 4.69) is 0 Å². The monoisotopic (exact) mass is 455 g/mol. The Hall–Kier alpha value is -4.26. The van der Waals surface area contributed by atoms with Crippen molar-refractivity contribution in [1.82, 2.24) is 4.90 Å². The van der Waals surface area contributed by atoms with Gasteiger partial charge in [-0.05, 0) is 54.4 Å². The quantitative estimate of drug-likeness (QED) is 0.435. The maximum Gasteiger partial charge on any atom is 0.291 e. The van der Waals surface area contributed by atoms with Gasteiger partial charge in [0, 0.05) is 6.54 Å². The van der Waals surface area contributed by atoms with Crippen LogP contribution < -0.4 is 19.6 Å². The molecular weight excluding hydrogens is 434 g/mol. The van der Waals surface area contributed by atoms with Crippen molar-refractivity contribution in [3.63, 3.8) is 0 Å². The Kier molecular flexibility index (Phi) is 4.76. The Morgan fingerprint density at radius 1 is 0.971 bits per heavy atom. The Labute approximate surface area is 195 Å². The minimum atomic E-state index is -0.616. The van der Waals surface area contributed by atoms with E-state index in [-0.39, 0.29) is 30.4 Å². The number of hydrogen-bond donors (Lipinski definition) is 0. The van der Waals surface area contributed by atoms with Crippen LogP contribution in [0, 0.1) is 0 Å². The standard InChI is InChI=1S/C27H21NO6/c1-2-31-18-7-5-6-17(13-18)24-23-25(29)19-8-3-4-9-20(19)34-26(23)27(30)28(24)14-16-10-11-21-22(12-16)33-15-32-21/h3-13,24H,2,14-15H2,1H3. The molecule has 0 saturated heterocycles. The fraction of sp³-hybridized carbons (Fsp3) is 0.185. The summed E-state index contributed by atoms with van der Waals surface area (Å²) in [6.07, 6.45) is 0. The molecule has 1 aromatic heterocycles. The van der Waals surface area contributed by atoms with Crippen molar-refractivity contribution < 1.29 is 23.4 Å². The Balaban J connectivity index is 1.51. The fourth-order valence-corrected chi connectivity index (χ4v) is 4.65. The second-order valence-electron chi connectivity index (χ2n) is 8.20.